The maximum absolute atomic E-state index is 13.8. The molecule has 0 saturated carbocycles. The average Bonchev–Trinajstić information content (AvgIpc) is 2.35. The van der Waals surface area contributed by atoms with Gasteiger partial charge in [-0.3, -0.25) is 4.79 Å². The first-order valence-electron chi connectivity index (χ1n) is 6.03. The number of nitrogens with zero attached hydrogens (tertiary/aromatic N) is 2. The smallest absolute Gasteiger partial charge is 0.303 e. The molecule has 1 atom stereocenters. The molecule has 0 saturated heterocycles. The minimum absolute atomic E-state index is 0.0399. The van der Waals surface area contributed by atoms with Crippen LogP contribution in [-0.2, 0) is 11.2 Å². The van der Waals surface area contributed by atoms with Gasteiger partial charge in [0.05, 0.1) is 5.69 Å². The van der Waals surface area contributed by atoms with Crippen LogP contribution < -0.4 is 5.32 Å². The largest absolute Gasteiger partial charge is 0.481 e. The molecule has 18 heavy (non-hydrogen) atoms. The summed E-state index contributed by atoms with van der Waals surface area (Å²) in [6.07, 6.45) is 2.58. The van der Waals surface area contributed by atoms with Crippen molar-refractivity contribution < 1.29 is 14.3 Å². The molecule has 0 aliphatic heterocycles. The number of hydrogen-bond acceptors (Lipinski definition) is 4. The van der Waals surface area contributed by atoms with Crippen LogP contribution >= 0.6 is 0 Å². The van der Waals surface area contributed by atoms with Gasteiger partial charge in [-0.15, -0.1) is 0 Å². The molecule has 1 unspecified atom stereocenters. The summed E-state index contributed by atoms with van der Waals surface area (Å²) >= 11 is 0. The summed E-state index contributed by atoms with van der Waals surface area (Å²) < 4.78 is 13.8. The highest BCUT2D eigenvalue weighted by molar-refractivity contribution is 5.67. The third-order valence-corrected chi connectivity index (χ3v) is 2.80. The van der Waals surface area contributed by atoms with Gasteiger partial charge in [-0.25, -0.2) is 14.4 Å². The Labute approximate surface area is 105 Å². The van der Waals surface area contributed by atoms with Crippen molar-refractivity contribution in [1.82, 2.24) is 9.97 Å². The van der Waals surface area contributed by atoms with E-state index in [1.807, 2.05) is 13.8 Å². The lowest BCUT2D eigenvalue weighted by Crippen LogP contribution is -2.18. The van der Waals surface area contributed by atoms with E-state index in [0.29, 0.717) is 25.1 Å². The van der Waals surface area contributed by atoms with Crippen molar-refractivity contribution in [2.45, 2.75) is 33.1 Å². The van der Waals surface area contributed by atoms with Gasteiger partial charge in [0.25, 0.3) is 0 Å². The molecule has 0 spiro atoms. The lowest BCUT2D eigenvalue weighted by molar-refractivity contribution is -0.138. The summed E-state index contributed by atoms with van der Waals surface area (Å²) in [5, 5.41) is 11.6. The van der Waals surface area contributed by atoms with Crippen LogP contribution in [-0.4, -0.2) is 27.6 Å². The fraction of sp³-hybridized carbons (Fsp3) is 0.583. The first-order chi connectivity index (χ1) is 8.58. The van der Waals surface area contributed by atoms with E-state index in [2.05, 4.69) is 15.3 Å². The monoisotopic (exact) mass is 255 g/mol. The maximum Gasteiger partial charge on any atom is 0.303 e. The van der Waals surface area contributed by atoms with Gasteiger partial charge in [0.15, 0.2) is 11.6 Å². The first-order valence-corrected chi connectivity index (χ1v) is 6.03. The van der Waals surface area contributed by atoms with Crippen LogP contribution in [0.25, 0.3) is 0 Å². The van der Waals surface area contributed by atoms with E-state index in [-0.39, 0.29) is 18.2 Å². The zero-order valence-corrected chi connectivity index (χ0v) is 10.6. The molecule has 0 aliphatic rings. The molecule has 0 bridgehead atoms. The number of carboxylic acids is 1. The number of aliphatic carboxylic acids is 1. The van der Waals surface area contributed by atoms with Crippen molar-refractivity contribution in [3.05, 3.63) is 17.8 Å². The Balaban J connectivity index is 2.64. The van der Waals surface area contributed by atoms with Crippen LogP contribution in [0.5, 0.6) is 0 Å². The quantitative estimate of drug-likeness (QED) is 0.780. The standard InChI is InChI=1S/C12H18FN3O2/c1-3-8(5-10(17)18)6-14-12-11(13)9(4-2)15-7-16-12/h7-8H,3-6H2,1-2H3,(H,17,18)(H,14,15,16). The molecular formula is C12H18FN3O2. The Morgan fingerprint density at radius 1 is 1.50 bits per heavy atom. The minimum Gasteiger partial charge on any atom is -0.481 e. The van der Waals surface area contributed by atoms with Crippen molar-refractivity contribution in [2.24, 2.45) is 5.92 Å². The molecule has 0 radical (unpaired) electrons. The van der Waals surface area contributed by atoms with Crippen LogP contribution in [0.1, 0.15) is 32.4 Å². The zero-order chi connectivity index (χ0) is 13.5. The summed E-state index contributed by atoms with van der Waals surface area (Å²) in [5.74, 6) is -1.20. The third-order valence-electron chi connectivity index (χ3n) is 2.80. The Morgan fingerprint density at radius 3 is 2.78 bits per heavy atom. The Kier molecular flexibility index (Phi) is 5.48. The van der Waals surface area contributed by atoms with E-state index >= 15 is 0 Å². The average molecular weight is 255 g/mol. The van der Waals surface area contributed by atoms with Crippen molar-refractivity contribution in [3.8, 4) is 0 Å². The Bertz CT molecular complexity index is 412. The topological polar surface area (TPSA) is 75.1 Å². The van der Waals surface area contributed by atoms with E-state index < -0.39 is 11.8 Å². The first kappa shape index (κ1) is 14.3. The van der Waals surface area contributed by atoms with E-state index in [0.717, 1.165) is 0 Å². The van der Waals surface area contributed by atoms with Gasteiger partial charge >= 0.3 is 5.97 Å². The minimum atomic E-state index is -0.846. The molecule has 6 heteroatoms. The van der Waals surface area contributed by atoms with Gasteiger partial charge in [0.1, 0.15) is 6.33 Å². The fourth-order valence-electron chi connectivity index (χ4n) is 1.62. The Morgan fingerprint density at radius 2 is 2.22 bits per heavy atom. The molecule has 1 aromatic heterocycles. The molecule has 0 amide bonds. The predicted molar refractivity (Wildman–Crippen MR) is 65.9 cm³/mol. The van der Waals surface area contributed by atoms with E-state index in [9.17, 15) is 9.18 Å². The van der Waals surface area contributed by atoms with Gasteiger partial charge in [-0.2, -0.15) is 0 Å². The number of hydrogen-bond donors (Lipinski definition) is 2. The van der Waals surface area contributed by atoms with Gasteiger partial charge in [0, 0.05) is 13.0 Å². The molecule has 2 N–H and O–H groups in total. The van der Waals surface area contributed by atoms with Crippen molar-refractivity contribution in [3.63, 3.8) is 0 Å². The molecule has 0 aromatic carbocycles. The number of carbonyl (C=O) groups is 1. The molecule has 0 aliphatic carbocycles. The molecule has 1 aromatic rings. The summed E-state index contributed by atoms with van der Waals surface area (Å²) in [6, 6.07) is 0. The number of aryl methyl sites for hydroxylation is 1. The maximum atomic E-state index is 13.8. The van der Waals surface area contributed by atoms with Crippen molar-refractivity contribution in [1.29, 1.82) is 0 Å². The highest BCUT2D eigenvalue weighted by Crippen LogP contribution is 2.15. The summed E-state index contributed by atoms with van der Waals surface area (Å²) in [7, 11) is 0. The fourth-order valence-corrected chi connectivity index (χ4v) is 1.62. The lowest BCUT2D eigenvalue weighted by atomic mass is 10.0. The normalized spacial score (nSPS) is 12.2. The molecule has 1 rings (SSSR count). The van der Waals surface area contributed by atoms with Gasteiger partial charge in [0.2, 0.25) is 0 Å². The molecule has 0 fully saturated rings. The zero-order valence-electron chi connectivity index (χ0n) is 10.6. The summed E-state index contributed by atoms with van der Waals surface area (Å²) in [4.78, 5) is 18.3. The number of anilines is 1. The second kappa shape index (κ2) is 6.88. The number of halogens is 1. The number of rotatable bonds is 7. The lowest BCUT2D eigenvalue weighted by Gasteiger charge is -2.14. The van der Waals surface area contributed by atoms with Gasteiger partial charge < -0.3 is 10.4 Å². The van der Waals surface area contributed by atoms with Crippen molar-refractivity contribution >= 4 is 11.8 Å². The molecule has 5 nitrogen and oxygen atoms in total. The summed E-state index contributed by atoms with van der Waals surface area (Å²) in [6.45, 7) is 4.11. The number of aromatic nitrogens is 2. The van der Waals surface area contributed by atoms with Crippen LogP contribution in [0.15, 0.2) is 6.33 Å². The second-order valence-corrected chi connectivity index (χ2v) is 4.09. The third kappa shape index (κ3) is 3.94. The number of carboxylic acid groups (broad SMARTS) is 1. The summed E-state index contributed by atoms with van der Waals surface area (Å²) in [5.41, 5.74) is 0.360. The van der Waals surface area contributed by atoms with Gasteiger partial charge in [-0.05, 0) is 12.3 Å². The Hall–Kier alpha value is -1.72. The molecule has 1 heterocycles. The van der Waals surface area contributed by atoms with Crippen LogP contribution in [0.3, 0.4) is 0 Å². The highest BCUT2D eigenvalue weighted by Gasteiger charge is 2.14. The van der Waals surface area contributed by atoms with Gasteiger partial charge in [-0.1, -0.05) is 20.3 Å². The number of nitrogens with one attached hydrogen (secondary N) is 1. The van der Waals surface area contributed by atoms with E-state index in [1.165, 1.54) is 6.33 Å². The van der Waals surface area contributed by atoms with E-state index in [4.69, 9.17) is 5.11 Å². The molecule has 100 valence electrons. The second-order valence-electron chi connectivity index (χ2n) is 4.09. The van der Waals surface area contributed by atoms with Crippen LogP contribution in [0.2, 0.25) is 0 Å². The SMILES string of the molecule is CCc1ncnc(NCC(CC)CC(=O)O)c1F. The van der Waals surface area contributed by atoms with Crippen LogP contribution in [0, 0.1) is 11.7 Å². The van der Waals surface area contributed by atoms with Crippen LogP contribution in [0.4, 0.5) is 10.2 Å². The predicted octanol–water partition coefficient (Wildman–Crippen LogP) is 2.09. The molecular weight excluding hydrogens is 237 g/mol. The van der Waals surface area contributed by atoms with Crippen molar-refractivity contribution in [2.75, 3.05) is 11.9 Å². The van der Waals surface area contributed by atoms with E-state index in [1.54, 1.807) is 0 Å². The highest BCUT2D eigenvalue weighted by atomic mass is 19.1.